The van der Waals surface area contributed by atoms with Crippen LogP contribution in [-0.2, 0) is 0 Å². The van der Waals surface area contributed by atoms with E-state index in [1.165, 1.54) is 0 Å². The summed E-state index contributed by atoms with van der Waals surface area (Å²) in [6.07, 6.45) is 0. The molecule has 10 rings (SSSR count). The van der Waals surface area contributed by atoms with Crippen LogP contribution in [0.15, 0.2) is 142 Å². The average molecular weight is 579 g/mol. The first-order valence-electron chi connectivity index (χ1n) is 14.9. The van der Waals surface area contributed by atoms with Gasteiger partial charge >= 0.3 is 0 Å². The molecule has 45 heavy (non-hydrogen) atoms. The summed E-state index contributed by atoms with van der Waals surface area (Å²) >= 11 is 0. The highest BCUT2D eigenvalue weighted by Gasteiger charge is 2.22. The van der Waals surface area contributed by atoms with Crippen molar-refractivity contribution in [3.8, 4) is 28.7 Å². The number of aromatic nitrogens is 4. The monoisotopic (exact) mass is 578 g/mol. The van der Waals surface area contributed by atoms with E-state index in [1.54, 1.807) is 0 Å². The SMILES string of the molecule is c1ccc(-c2nc(-c3cccc4oc5ccccc5c34)nc(-n3c4ccccc4c4c5oc6ccccc6c5ccc43)n2)cc1. The first-order chi connectivity index (χ1) is 22.3. The number of para-hydroxylation sites is 3. The maximum Gasteiger partial charge on any atom is 0.238 e. The summed E-state index contributed by atoms with van der Waals surface area (Å²) in [4.78, 5) is 15.4. The number of nitrogens with zero attached hydrogens (tertiary/aromatic N) is 4. The summed E-state index contributed by atoms with van der Waals surface area (Å²) < 4.78 is 14.9. The van der Waals surface area contributed by atoms with Gasteiger partial charge in [-0.05, 0) is 36.4 Å². The summed E-state index contributed by atoms with van der Waals surface area (Å²) in [5.41, 5.74) is 7.10. The topological polar surface area (TPSA) is 69.9 Å². The third-order valence-electron chi connectivity index (χ3n) is 8.68. The van der Waals surface area contributed by atoms with Gasteiger partial charge in [-0.2, -0.15) is 9.97 Å². The highest BCUT2D eigenvalue weighted by molar-refractivity contribution is 6.23. The van der Waals surface area contributed by atoms with Crippen molar-refractivity contribution in [2.24, 2.45) is 0 Å². The lowest BCUT2D eigenvalue weighted by molar-refractivity contribution is 0.669. The molecular weight excluding hydrogens is 556 g/mol. The largest absolute Gasteiger partial charge is 0.456 e. The summed E-state index contributed by atoms with van der Waals surface area (Å²) in [6, 6.07) is 45.0. The van der Waals surface area contributed by atoms with Crippen molar-refractivity contribution >= 4 is 65.7 Å². The molecule has 0 aliphatic heterocycles. The van der Waals surface area contributed by atoms with Crippen LogP contribution < -0.4 is 0 Å². The Kier molecular flexibility index (Phi) is 4.90. The minimum absolute atomic E-state index is 0.533. The average Bonchev–Trinajstić information content (AvgIpc) is 3.78. The van der Waals surface area contributed by atoms with E-state index >= 15 is 0 Å². The number of hydrogen-bond acceptors (Lipinski definition) is 5. The minimum Gasteiger partial charge on any atom is -0.456 e. The molecule has 0 fully saturated rings. The molecule has 6 heteroatoms. The second-order valence-electron chi connectivity index (χ2n) is 11.2. The molecule has 210 valence electrons. The van der Waals surface area contributed by atoms with Gasteiger partial charge in [0.2, 0.25) is 5.95 Å². The first kappa shape index (κ1) is 24.2. The van der Waals surface area contributed by atoms with Crippen LogP contribution in [0.4, 0.5) is 0 Å². The molecule has 0 saturated heterocycles. The zero-order valence-corrected chi connectivity index (χ0v) is 23.8. The number of benzene rings is 6. The van der Waals surface area contributed by atoms with Crippen LogP contribution >= 0.6 is 0 Å². The van der Waals surface area contributed by atoms with E-state index in [0.717, 1.165) is 76.8 Å². The number of fused-ring (bicyclic) bond motifs is 10. The lowest BCUT2D eigenvalue weighted by Crippen LogP contribution is -2.06. The Bertz CT molecular complexity index is 2770. The Labute approximate surface area is 255 Å². The predicted molar refractivity (Wildman–Crippen MR) is 180 cm³/mol. The summed E-state index contributed by atoms with van der Waals surface area (Å²) in [7, 11) is 0. The van der Waals surface area contributed by atoms with Crippen molar-refractivity contribution in [3.63, 3.8) is 0 Å². The molecule has 0 aliphatic rings. The summed E-state index contributed by atoms with van der Waals surface area (Å²) in [5.74, 6) is 1.70. The van der Waals surface area contributed by atoms with Crippen molar-refractivity contribution in [2.45, 2.75) is 0 Å². The molecule has 0 radical (unpaired) electrons. The van der Waals surface area contributed by atoms with Crippen molar-refractivity contribution in [1.82, 2.24) is 19.5 Å². The van der Waals surface area contributed by atoms with Gasteiger partial charge in [0, 0.05) is 38.1 Å². The van der Waals surface area contributed by atoms with Gasteiger partial charge in [0.25, 0.3) is 0 Å². The summed E-state index contributed by atoms with van der Waals surface area (Å²) in [5, 5.41) is 6.29. The Hall–Kier alpha value is -6.27. The van der Waals surface area contributed by atoms with Gasteiger partial charge in [-0.15, -0.1) is 0 Å². The standard InChI is InChI=1S/C39H22N4O2/c1-2-11-23(12-3-1)37-40-38(28-16-10-20-33-34(28)27-15-6-9-19-32(27)44-33)42-39(41-37)43-29-17-7-4-14-26(29)35-30(43)22-21-25-24-13-5-8-18-31(24)45-36(25)35/h1-22H. The molecule has 0 aliphatic carbocycles. The highest BCUT2D eigenvalue weighted by Crippen LogP contribution is 2.41. The van der Waals surface area contributed by atoms with Crippen molar-refractivity contribution in [1.29, 1.82) is 0 Å². The minimum atomic E-state index is 0.533. The van der Waals surface area contributed by atoms with Gasteiger partial charge in [0.05, 0.1) is 16.4 Å². The predicted octanol–water partition coefficient (Wildman–Crippen LogP) is 10.1. The van der Waals surface area contributed by atoms with Crippen LogP contribution in [0.2, 0.25) is 0 Å². The van der Waals surface area contributed by atoms with Crippen LogP contribution in [0.1, 0.15) is 0 Å². The molecule has 0 atom stereocenters. The fraction of sp³-hybridized carbons (Fsp3) is 0. The molecule has 0 amide bonds. The van der Waals surface area contributed by atoms with Crippen LogP contribution in [0.25, 0.3) is 94.4 Å². The van der Waals surface area contributed by atoms with Crippen molar-refractivity contribution in [2.75, 3.05) is 0 Å². The van der Waals surface area contributed by atoms with Gasteiger partial charge in [0.15, 0.2) is 11.6 Å². The first-order valence-corrected chi connectivity index (χ1v) is 14.9. The second-order valence-corrected chi connectivity index (χ2v) is 11.2. The highest BCUT2D eigenvalue weighted by atomic mass is 16.3. The van der Waals surface area contributed by atoms with Gasteiger partial charge in [0.1, 0.15) is 22.3 Å². The number of furan rings is 2. The van der Waals surface area contributed by atoms with Gasteiger partial charge < -0.3 is 8.83 Å². The molecule has 0 spiro atoms. The van der Waals surface area contributed by atoms with E-state index in [0.29, 0.717) is 17.6 Å². The molecule has 0 saturated carbocycles. The Morgan fingerprint density at radius 3 is 1.98 bits per heavy atom. The smallest absolute Gasteiger partial charge is 0.238 e. The second kappa shape index (κ2) is 9.11. The van der Waals surface area contributed by atoms with E-state index in [4.69, 9.17) is 23.8 Å². The lowest BCUT2D eigenvalue weighted by atomic mass is 10.1. The molecule has 4 aromatic heterocycles. The molecular formula is C39H22N4O2. The number of hydrogen-bond donors (Lipinski definition) is 0. The van der Waals surface area contributed by atoms with Crippen molar-refractivity contribution < 1.29 is 8.83 Å². The fourth-order valence-corrected chi connectivity index (χ4v) is 6.71. The van der Waals surface area contributed by atoms with Crippen LogP contribution in [0.3, 0.4) is 0 Å². The summed E-state index contributed by atoms with van der Waals surface area (Å²) in [6.45, 7) is 0. The molecule has 0 bridgehead atoms. The number of rotatable bonds is 3. The lowest BCUT2D eigenvalue weighted by Gasteiger charge is -2.11. The maximum atomic E-state index is 6.51. The van der Waals surface area contributed by atoms with Crippen LogP contribution in [0, 0.1) is 0 Å². The molecule has 0 N–H and O–H groups in total. The van der Waals surface area contributed by atoms with Crippen LogP contribution in [0.5, 0.6) is 0 Å². The van der Waals surface area contributed by atoms with E-state index in [2.05, 4.69) is 53.1 Å². The quantitative estimate of drug-likeness (QED) is 0.209. The maximum absolute atomic E-state index is 6.51. The van der Waals surface area contributed by atoms with Gasteiger partial charge in [-0.1, -0.05) is 97.1 Å². The molecule has 10 aromatic rings. The Morgan fingerprint density at radius 2 is 1.11 bits per heavy atom. The normalized spacial score (nSPS) is 12.0. The molecule has 0 unspecified atom stereocenters. The fourth-order valence-electron chi connectivity index (χ4n) is 6.71. The zero-order chi connectivity index (χ0) is 29.5. The third kappa shape index (κ3) is 3.48. The van der Waals surface area contributed by atoms with Gasteiger partial charge in [-0.3, -0.25) is 4.57 Å². The Morgan fingerprint density at radius 1 is 0.422 bits per heavy atom. The van der Waals surface area contributed by atoms with Crippen LogP contribution in [-0.4, -0.2) is 19.5 Å². The van der Waals surface area contributed by atoms with E-state index in [-0.39, 0.29) is 0 Å². The molecule has 6 aromatic carbocycles. The van der Waals surface area contributed by atoms with E-state index in [1.807, 2.05) is 84.9 Å². The zero-order valence-electron chi connectivity index (χ0n) is 23.8. The third-order valence-corrected chi connectivity index (χ3v) is 8.68. The molecule has 6 nitrogen and oxygen atoms in total. The Balaban J connectivity index is 1.32. The van der Waals surface area contributed by atoms with E-state index in [9.17, 15) is 0 Å². The van der Waals surface area contributed by atoms with E-state index < -0.39 is 0 Å². The molecule has 4 heterocycles. The van der Waals surface area contributed by atoms with Crippen molar-refractivity contribution in [3.05, 3.63) is 133 Å². The van der Waals surface area contributed by atoms with Gasteiger partial charge in [-0.25, -0.2) is 4.98 Å².